The summed E-state index contributed by atoms with van der Waals surface area (Å²) in [5.74, 6) is 0.184. The van der Waals surface area contributed by atoms with E-state index < -0.39 is 6.61 Å². The van der Waals surface area contributed by atoms with Gasteiger partial charge in [-0.15, -0.1) is 0 Å². The second-order valence-electron chi connectivity index (χ2n) is 4.44. The van der Waals surface area contributed by atoms with Crippen molar-refractivity contribution in [3.05, 3.63) is 55.6 Å². The molecule has 2 rings (SSSR count). The Morgan fingerprint density at radius 2 is 2.00 bits per heavy atom. The van der Waals surface area contributed by atoms with E-state index in [0.717, 1.165) is 19.3 Å². The zero-order chi connectivity index (χ0) is 15.4. The molecule has 0 radical (unpaired) electrons. The average Bonchev–Trinajstić information content (AvgIpc) is 2.40. The molecule has 0 fully saturated rings. The number of alkyl halides is 2. The molecule has 2 aromatic rings. The minimum atomic E-state index is -2.83. The van der Waals surface area contributed by atoms with Gasteiger partial charge in [0.05, 0.1) is 0 Å². The van der Waals surface area contributed by atoms with Crippen LogP contribution in [0.3, 0.4) is 0 Å². The predicted octanol–water partition coefficient (Wildman–Crippen LogP) is 5.58. The highest BCUT2D eigenvalue weighted by Gasteiger charge is 2.10. The molecule has 0 spiro atoms. The van der Waals surface area contributed by atoms with Crippen LogP contribution in [0, 0.1) is 10.5 Å². The van der Waals surface area contributed by atoms with Crippen LogP contribution < -0.4 is 10.1 Å². The largest absolute Gasteiger partial charge is 0.434 e. The third kappa shape index (κ3) is 4.81. The lowest BCUT2D eigenvalue weighted by Crippen LogP contribution is -2.07. The van der Waals surface area contributed by atoms with Crippen molar-refractivity contribution in [2.45, 2.75) is 20.1 Å². The molecule has 0 heterocycles. The van der Waals surface area contributed by atoms with E-state index in [4.69, 9.17) is 0 Å². The van der Waals surface area contributed by atoms with Gasteiger partial charge in [0.2, 0.25) is 0 Å². The number of benzene rings is 2. The summed E-state index contributed by atoms with van der Waals surface area (Å²) < 4.78 is 31.4. The highest BCUT2D eigenvalue weighted by atomic mass is 127. The minimum Gasteiger partial charge on any atom is -0.434 e. The third-order valence-corrected chi connectivity index (χ3v) is 4.06. The number of aryl methyl sites for hydroxylation is 1. The maximum absolute atomic E-state index is 12.4. The molecule has 1 N–H and O–H groups in total. The molecule has 2 nitrogen and oxygen atoms in total. The van der Waals surface area contributed by atoms with Gasteiger partial charge in [-0.05, 0) is 71.5 Å². The molecule has 0 saturated heterocycles. The topological polar surface area (TPSA) is 21.3 Å². The van der Waals surface area contributed by atoms with Crippen LogP contribution in [-0.4, -0.2) is 6.61 Å². The Balaban J connectivity index is 2.16. The summed E-state index contributed by atoms with van der Waals surface area (Å²) in [5, 5.41) is 3.25. The van der Waals surface area contributed by atoms with Crippen LogP contribution in [0.1, 0.15) is 11.1 Å². The van der Waals surface area contributed by atoms with Crippen LogP contribution in [0.2, 0.25) is 0 Å². The highest BCUT2D eigenvalue weighted by Crippen LogP contribution is 2.26. The minimum absolute atomic E-state index is 0.184. The molecule has 0 aliphatic heterocycles. The van der Waals surface area contributed by atoms with Crippen molar-refractivity contribution >= 4 is 44.2 Å². The van der Waals surface area contributed by atoms with Crippen molar-refractivity contribution in [2.75, 3.05) is 5.32 Å². The summed E-state index contributed by atoms with van der Waals surface area (Å²) in [5.41, 5.74) is 2.74. The van der Waals surface area contributed by atoms with Crippen LogP contribution in [-0.2, 0) is 6.54 Å². The fraction of sp³-hybridized carbons (Fsp3) is 0.200. The second-order valence-corrected chi connectivity index (χ2v) is 6.60. The standard InChI is InChI=1S/C15H13BrF2INO/c1-9-6-12(19)3-4-13(9)20-8-10-7-11(16)2-5-14(10)21-15(17)18/h2-7,15,20H,8H2,1H3. The summed E-state index contributed by atoms with van der Waals surface area (Å²) in [4.78, 5) is 0. The SMILES string of the molecule is Cc1cc(I)ccc1NCc1cc(Br)ccc1OC(F)F. The van der Waals surface area contributed by atoms with Crippen molar-refractivity contribution in [3.63, 3.8) is 0 Å². The monoisotopic (exact) mass is 467 g/mol. The Morgan fingerprint density at radius 1 is 1.24 bits per heavy atom. The molecular formula is C15H13BrF2INO. The van der Waals surface area contributed by atoms with E-state index in [9.17, 15) is 8.78 Å². The molecule has 0 aliphatic carbocycles. The van der Waals surface area contributed by atoms with Crippen molar-refractivity contribution < 1.29 is 13.5 Å². The van der Waals surface area contributed by atoms with Gasteiger partial charge in [0.1, 0.15) is 5.75 Å². The van der Waals surface area contributed by atoms with Crippen LogP contribution >= 0.6 is 38.5 Å². The lowest BCUT2D eigenvalue weighted by Gasteiger charge is -2.14. The number of halogens is 4. The summed E-state index contributed by atoms with van der Waals surface area (Å²) >= 11 is 5.59. The number of hydrogen-bond donors (Lipinski definition) is 1. The van der Waals surface area contributed by atoms with Gasteiger partial charge in [-0.3, -0.25) is 0 Å². The van der Waals surface area contributed by atoms with E-state index in [0.29, 0.717) is 12.1 Å². The van der Waals surface area contributed by atoms with E-state index >= 15 is 0 Å². The maximum atomic E-state index is 12.4. The van der Waals surface area contributed by atoms with E-state index in [1.165, 1.54) is 6.07 Å². The summed E-state index contributed by atoms with van der Waals surface area (Å²) in [6, 6.07) is 11.0. The fourth-order valence-electron chi connectivity index (χ4n) is 1.91. The molecule has 112 valence electrons. The smallest absolute Gasteiger partial charge is 0.387 e. The van der Waals surface area contributed by atoms with Gasteiger partial charge in [-0.25, -0.2) is 0 Å². The first-order valence-corrected chi connectivity index (χ1v) is 8.06. The van der Waals surface area contributed by atoms with Crippen molar-refractivity contribution in [3.8, 4) is 5.75 Å². The molecule has 0 atom stereocenters. The van der Waals surface area contributed by atoms with Gasteiger partial charge in [0, 0.05) is 25.8 Å². The summed E-state index contributed by atoms with van der Waals surface area (Å²) in [7, 11) is 0. The normalized spacial score (nSPS) is 10.8. The summed E-state index contributed by atoms with van der Waals surface area (Å²) in [6.07, 6.45) is 0. The molecule has 6 heteroatoms. The Kier molecular flexibility index (Phi) is 5.80. The Labute approximate surface area is 144 Å². The predicted molar refractivity (Wildman–Crippen MR) is 92.0 cm³/mol. The third-order valence-electron chi connectivity index (χ3n) is 2.90. The quantitative estimate of drug-likeness (QED) is 0.580. The number of anilines is 1. The van der Waals surface area contributed by atoms with Gasteiger partial charge in [-0.1, -0.05) is 15.9 Å². The number of nitrogens with one attached hydrogen (secondary N) is 1. The molecular weight excluding hydrogens is 455 g/mol. The molecule has 0 aromatic heterocycles. The van der Waals surface area contributed by atoms with Crippen molar-refractivity contribution in [2.24, 2.45) is 0 Å². The van der Waals surface area contributed by atoms with E-state index in [-0.39, 0.29) is 5.75 Å². The number of ether oxygens (including phenoxy) is 1. The first-order chi connectivity index (χ1) is 9.95. The number of rotatable bonds is 5. The molecule has 0 bridgehead atoms. The maximum Gasteiger partial charge on any atom is 0.387 e. The molecule has 0 saturated carbocycles. The van der Waals surface area contributed by atoms with Crippen LogP contribution in [0.15, 0.2) is 40.9 Å². The van der Waals surface area contributed by atoms with Crippen LogP contribution in [0.4, 0.5) is 14.5 Å². The molecule has 21 heavy (non-hydrogen) atoms. The molecule has 0 unspecified atom stereocenters. The average molecular weight is 468 g/mol. The van der Waals surface area contributed by atoms with Gasteiger partial charge >= 0.3 is 6.61 Å². The van der Waals surface area contributed by atoms with Gasteiger partial charge in [-0.2, -0.15) is 8.78 Å². The lowest BCUT2D eigenvalue weighted by atomic mass is 10.1. The fourth-order valence-corrected chi connectivity index (χ4v) is 2.97. The van der Waals surface area contributed by atoms with E-state index in [2.05, 4.69) is 54.6 Å². The van der Waals surface area contributed by atoms with E-state index in [1.54, 1.807) is 12.1 Å². The van der Waals surface area contributed by atoms with Crippen molar-refractivity contribution in [1.82, 2.24) is 0 Å². The van der Waals surface area contributed by atoms with Gasteiger partial charge in [0.25, 0.3) is 0 Å². The Hall–Kier alpha value is -0.890. The second kappa shape index (κ2) is 7.40. The Morgan fingerprint density at radius 3 is 2.67 bits per heavy atom. The molecule has 2 aromatic carbocycles. The first-order valence-electron chi connectivity index (χ1n) is 6.19. The number of hydrogen-bond acceptors (Lipinski definition) is 2. The first kappa shape index (κ1) is 16.5. The molecule has 0 aliphatic rings. The lowest BCUT2D eigenvalue weighted by molar-refractivity contribution is -0.0504. The highest BCUT2D eigenvalue weighted by molar-refractivity contribution is 14.1. The van der Waals surface area contributed by atoms with Crippen LogP contribution in [0.5, 0.6) is 5.75 Å². The van der Waals surface area contributed by atoms with Gasteiger partial charge < -0.3 is 10.1 Å². The Bertz CT molecular complexity index is 637. The zero-order valence-corrected chi connectivity index (χ0v) is 14.9. The zero-order valence-electron chi connectivity index (χ0n) is 11.2. The van der Waals surface area contributed by atoms with Gasteiger partial charge in [0.15, 0.2) is 0 Å². The summed E-state index contributed by atoms with van der Waals surface area (Å²) in [6.45, 7) is -0.421. The van der Waals surface area contributed by atoms with Crippen molar-refractivity contribution in [1.29, 1.82) is 0 Å². The molecule has 0 amide bonds. The van der Waals surface area contributed by atoms with Crippen LogP contribution in [0.25, 0.3) is 0 Å². The van der Waals surface area contributed by atoms with E-state index in [1.807, 2.05) is 19.1 Å².